The molecule has 0 fully saturated rings. The summed E-state index contributed by atoms with van der Waals surface area (Å²) >= 11 is 2.15. The van der Waals surface area contributed by atoms with Crippen molar-refractivity contribution in [2.45, 2.75) is 6.92 Å². The standard InChI is InChI=1S/C13H10IN3O3/c1-8-11(14)5-6-12(15-8)16-13(18)9-3-2-4-10(7-9)17(19)20/h2-7H,1H3,(H,15,16,18). The molecule has 0 aliphatic heterocycles. The smallest absolute Gasteiger partial charge is 0.270 e. The molecule has 0 spiro atoms. The first-order chi connectivity index (χ1) is 9.47. The summed E-state index contributed by atoms with van der Waals surface area (Å²) in [4.78, 5) is 26.4. The minimum absolute atomic E-state index is 0.121. The number of anilines is 1. The average Bonchev–Trinajstić information content (AvgIpc) is 2.43. The summed E-state index contributed by atoms with van der Waals surface area (Å²) in [5.74, 6) is -0.0127. The van der Waals surface area contributed by atoms with Gasteiger partial charge in [0.15, 0.2) is 0 Å². The van der Waals surface area contributed by atoms with Crippen LogP contribution in [-0.2, 0) is 0 Å². The number of nitro benzene ring substituents is 1. The summed E-state index contributed by atoms with van der Waals surface area (Å²) < 4.78 is 0.996. The van der Waals surface area contributed by atoms with Crippen molar-refractivity contribution < 1.29 is 9.72 Å². The van der Waals surface area contributed by atoms with E-state index in [-0.39, 0.29) is 11.3 Å². The Hall–Kier alpha value is -2.03. The number of carbonyl (C=O) groups excluding carboxylic acids is 1. The first-order valence-corrected chi connectivity index (χ1v) is 6.74. The zero-order chi connectivity index (χ0) is 14.7. The van der Waals surface area contributed by atoms with Crippen LogP contribution in [0.1, 0.15) is 16.1 Å². The molecule has 1 aromatic heterocycles. The number of carbonyl (C=O) groups is 1. The number of nitrogens with zero attached hydrogens (tertiary/aromatic N) is 2. The van der Waals surface area contributed by atoms with Crippen LogP contribution in [-0.4, -0.2) is 15.8 Å². The molecule has 2 rings (SSSR count). The van der Waals surface area contributed by atoms with E-state index in [0.29, 0.717) is 5.82 Å². The molecular weight excluding hydrogens is 373 g/mol. The van der Waals surface area contributed by atoms with Gasteiger partial charge < -0.3 is 5.32 Å². The molecule has 0 aliphatic rings. The summed E-state index contributed by atoms with van der Waals surface area (Å²) in [5, 5.41) is 13.3. The van der Waals surface area contributed by atoms with Gasteiger partial charge in [0, 0.05) is 21.3 Å². The summed E-state index contributed by atoms with van der Waals surface area (Å²) in [5.41, 5.74) is 0.907. The molecule has 1 heterocycles. The number of rotatable bonds is 3. The Balaban J connectivity index is 2.21. The fourth-order valence-electron chi connectivity index (χ4n) is 1.56. The Morgan fingerprint density at radius 3 is 2.75 bits per heavy atom. The van der Waals surface area contributed by atoms with Crippen molar-refractivity contribution in [3.05, 3.63) is 61.3 Å². The van der Waals surface area contributed by atoms with Gasteiger partial charge in [0.25, 0.3) is 11.6 Å². The van der Waals surface area contributed by atoms with Gasteiger partial charge in [0.1, 0.15) is 5.82 Å². The maximum atomic E-state index is 12.0. The molecule has 1 amide bonds. The van der Waals surface area contributed by atoms with E-state index in [1.54, 1.807) is 6.07 Å². The van der Waals surface area contributed by atoms with Crippen molar-refractivity contribution in [2.75, 3.05) is 5.32 Å². The molecule has 6 nitrogen and oxygen atoms in total. The largest absolute Gasteiger partial charge is 0.307 e. The number of hydrogen-bond acceptors (Lipinski definition) is 4. The van der Waals surface area contributed by atoms with E-state index in [4.69, 9.17) is 0 Å². The minimum atomic E-state index is -0.538. The van der Waals surface area contributed by atoms with E-state index in [1.807, 2.05) is 13.0 Å². The summed E-state index contributed by atoms with van der Waals surface area (Å²) in [6.45, 7) is 1.84. The molecule has 0 aliphatic carbocycles. The molecule has 0 saturated heterocycles. The third kappa shape index (κ3) is 3.29. The fourth-order valence-corrected chi connectivity index (χ4v) is 1.86. The Bertz CT molecular complexity index is 688. The molecule has 20 heavy (non-hydrogen) atoms. The lowest BCUT2D eigenvalue weighted by Crippen LogP contribution is -2.13. The Kier molecular flexibility index (Phi) is 4.28. The third-order valence-corrected chi connectivity index (χ3v) is 3.72. The molecule has 1 N–H and O–H groups in total. The van der Waals surface area contributed by atoms with Crippen molar-refractivity contribution in [1.29, 1.82) is 0 Å². The summed E-state index contributed by atoms with van der Waals surface area (Å²) in [6, 6.07) is 9.08. The summed E-state index contributed by atoms with van der Waals surface area (Å²) in [7, 11) is 0. The monoisotopic (exact) mass is 383 g/mol. The van der Waals surface area contributed by atoms with E-state index in [1.165, 1.54) is 24.3 Å². The van der Waals surface area contributed by atoms with Crippen LogP contribution in [0.4, 0.5) is 11.5 Å². The van der Waals surface area contributed by atoms with Gasteiger partial charge in [0.05, 0.1) is 10.6 Å². The average molecular weight is 383 g/mol. The second kappa shape index (κ2) is 5.95. The highest BCUT2D eigenvalue weighted by Crippen LogP contribution is 2.16. The highest BCUT2D eigenvalue weighted by molar-refractivity contribution is 14.1. The van der Waals surface area contributed by atoms with Crippen molar-refractivity contribution in [2.24, 2.45) is 0 Å². The number of non-ortho nitro benzene ring substituents is 1. The van der Waals surface area contributed by atoms with Gasteiger partial charge in [-0.2, -0.15) is 0 Å². The number of hydrogen-bond donors (Lipinski definition) is 1. The Labute approximate surface area is 128 Å². The van der Waals surface area contributed by atoms with Crippen LogP contribution in [0.15, 0.2) is 36.4 Å². The van der Waals surface area contributed by atoms with E-state index in [0.717, 1.165) is 9.26 Å². The third-order valence-electron chi connectivity index (χ3n) is 2.58. The lowest BCUT2D eigenvalue weighted by molar-refractivity contribution is -0.384. The van der Waals surface area contributed by atoms with Crippen LogP contribution in [0.2, 0.25) is 0 Å². The molecule has 102 valence electrons. The van der Waals surface area contributed by atoms with E-state index >= 15 is 0 Å². The van der Waals surface area contributed by atoms with E-state index in [2.05, 4.69) is 32.9 Å². The number of benzene rings is 1. The minimum Gasteiger partial charge on any atom is -0.307 e. The lowest BCUT2D eigenvalue weighted by atomic mass is 10.2. The molecule has 7 heteroatoms. The van der Waals surface area contributed by atoms with Gasteiger partial charge in [-0.25, -0.2) is 4.98 Å². The van der Waals surface area contributed by atoms with Crippen molar-refractivity contribution >= 4 is 40.0 Å². The zero-order valence-electron chi connectivity index (χ0n) is 10.5. The van der Waals surface area contributed by atoms with Gasteiger partial charge in [-0.15, -0.1) is 0 Å². The van der Waals surface area contributed by atoms with Crippen LogP contribution in [0, 0.1) is 20.6 Å². The SMILES string of the molecule is Cc1nc(NC(=O)c2cccc([N+](=O)[O-])c2)ccc1I. The lowest BCUT2D eigenvalue weighted by Gasteiger charge is -2.06. The highest BCUT2D eigenvalue weighted by atomic mass is 127. The van der Waals surface area contributed by atoms with E-state index in [9.17, 15) is 14.9 Å². The quantitative estimate of drug-likeness (QED) is 0.501. The van der Waals surface area contributed by atoms with Crippen LogP contribution in [0.3, 0.4) is 0 Å². The second-order valence-electron chi connectivity index (χ2n) is 4.03. The van der Waals surface area contributed by atoms with Gasteiger partial charge in [-0.3, -0.25) is 14.9 Å². The maximum absolute atomic E-state index is 12.0. The number of amides is 1. The van der Waals surface area contributed by atoms with E-state index < -0.39 is 10.8 Å². The topological polar surface area (TPSA) is 85.1 Å². The normalized spacial score (nSPS) is 10.1. The van der Waals surface area contributed by atoms with Crippen LogP contribution < -0.4 is 5.32 Å². The second-order valence-corrected chi connectivity index (χ2v) is 5.19. The highest BCUT2D eigenvalue weighted by Gasteiger charge is 2.12. The number of nitrogens with one attached hydrogen (secondary N) is 1. The van der Waals surface area contributed by atoms with Crippen molar-refractivity contribution in [1.82, 2.24) is 4.98 Å². The fraction of sp³-hybridized carbons (Fsp3) is 0.0769. The molecule has 2 aromatic rings. The van der Waals surface area contributed by atoms with Crippen LogP contribution >= 0.6 is 22.6 Å². The number of halogens is 1. The molecule has 0 atom stereocenters. The number of aromatic nitrogens is 1. The Morgan fingerprint density at radius 2 is 2.10 bits per heavy atom. The molecule has 0 bridgehead atoms. The molecule has 0 saturated carbocycles. The van der Waals surface area contributed by atoms with Gasteiger partial charge in [0.2, 0.25) is 0 Å². The van der Waals surface area contributed by atoms with Gasteiger partial charge in [-0.05, 0) is 47.7 Å². The predicted molar refractivity (Wildman–Crippen MR) is 82.7 cm³/mol. The first kappa shape index (κ1) is 14.4. The first-order valence-electron chi connectivity index (χ1n) is 5.66. The molecule has 0 unspecified atom stereocenters. The number of pyridine rings is 1. The van der Waals surface area contributed by atoms with Crippen LogP contribution in [0.5, 0.6) is 0 Å². The van der Waals surface area contributed by atoms with Gasteiger partial charge >= 0.3 is 0 Å². The molecule has 1 aromatic carbocycles. The summed E-state index contributed by atoms with van der Waals surface area (Å²) in [6.07, 6.45) is 0. The maximum Gasteiger partial charge on any atom is 0.270 e. The van der Waals surface area contributed by atoms with Crippen molar-refractivity contribution in [3.8, 4) is 0 Å². The number of aryl methyl sites for hydroxylation is 1. The van der Waals surface area contributed by atoms with Crippen LogP contribution in [0.25, 0.3) is 0 Å². The molecule has 0 radical (unpaired) electrons. The van der Waals surface area contributed by atoms with Gasteiger partial charge in [-0.1, -0.05) is 6.07 Å². The number of nitro groups is 1. The zero-order valence-corrected chi connectivity index (χ0v) is 12.6. The van der Waals surface area contributed by atoms with Crippen molar-refractivity contribution in [3.63, 3.8) is 0 Å². The molecular formula is C13H10IN3O3. The Morgan fingerprint density at radius 1 is 1.35 bits per heavy atom. The predicted octanol–water partition coefficient (Wildman–Crippen LogP) is 3.16.